The maximum atomic E-state index is 5.92. The summed E-state index contributed by atoms with van der Waals surface area (Å²) in [5.74, 6) is 1.88. The van der Waals surface area contributed by atoms with Crippen LogP contribution in [0.5, 0.6) is 11.5 Å². The lowest BCUT2D eigenvalue weighted by molar-refractivity contribution is 0.479. The summed E-state index contributed by atoms with van der Waals surface area (Å²) in [6.07, 6.45) is 0. The maximum Gasteiger partial charge on any atom is 0.130 e. The number of aryl methyl sites for hydroxylation is 1. The smallest absolute Gasteiger partial charge is 0.130 e. The van der Waals surface area contributed by atoms with Gasteiger partial charge in [0.15, 0.2) is 0 Å². The summed E-state index contributed by atoms with van der Waals surface area (Å²) >= 11 is 17.6. The Kier molecular flexibility index (Phi) is 4.39. The van der Waals surface area contributed by atoms with Crippen molar-refractivity contribution in [2.24, 2.45) is 0 Å². The van der Waals surface area contributed by atoms with E-state index in [4.69, 9.17) is 39.5 Å². The molecule has 0 N–H and O–H groups in total. The van der Waals surface area contributed by atoms with Gasteiger partial charge in [0.1, 0.15) is 11.5 Å². The van der Waals surface area contributed by atoms with Crippen LogP contribution in [0.15, 0.2) is 36.4 Å². The zero-order valence-electron chi connectivity index (χ0n) is 9.71. The molecular formula is C14H11Cl3O. The molecule has 4 heteroatoms. The van der Waals surface area contributed by atoms with Gasteiger partial charge < -0.3 is 4.74 Å². The average molecular weight is 302 g/mol. The third kappa shape index (κ3) is 3.32. The van der Waals surface area contributed by atoms with Crippen molar-refractivity contribution in [3.8, 4) is 11.5 Å². The third-order valence-electron chi connectivity index (χ3n) is 2.46. The fourth-order valence-electron chi connectivity index (χ4n) is 1.62. The first-order valence-electron chi connectivity index (χ1n) is 5.38. The number of alkyl halides is 1. The topological polar surface area (TPSA) is 9.23 Å². The lowest BCUT2D eigenvalue weighted by atomic mass is 10.1. The molecule has 0 heterocycles. The van der Waals surface area contributed by atoms with Crippen molar-refractivity contribution in [2.75, 3.05) is 0 Å². The molecule has 0 bridgehead atoms. The molecule has 0 saturated heterocycles. The Balaban J connectivity index is 2.28. The molecule has 2 aromatic carbocycles. The molecule has 0 aromatic heterocycles. The molecule has 0 saturated carbocycles. The summed E-state index contributed by atoms with van der Waals surface area (Å²) in [5.41, 5.74) is 2.08. The molecule has 94 valence electrons. The molecule has 2 rings (SSSR count). The van der Waals surface area contributed by atoms with Crippen LogP contribution in [0.4, 0.5) is 0 Å². The highest BCUT2D eigenvalue weighted by Crippen LogP contribution is 2.30. The van der Waals surface area contributed by atoms with Gasteiger partial charge in [-0.2, -0.15) is 0 Å². The number of ether oxygens (including phenoxy) is 1. The van der Waals surface area contributed by atoms with Gasteiger partial charge in [0.25, 0.3) is 0 Å². The van der Waals surface area contributed by atoms with E-state index in [1.165, 1.54) is 0 Å². The summed E-state index contributed by atoms with van der Waals surface area (Å²) in [4.78, 5) is 0. The summed E-state index contributed by atoms with van der Waals surface area (Å²) < 4.78 is 5.76. The Morgan fingerprint density at radius 3 is 2.22 bits per heavy atom. The molecule has 0 spiro atoms. The van der Waals surface area contributed by atoms with Gasteiger partial charge in [0.2, 0.25) is 0 Å². The number of hydrogen-bond acceptors (Lipinski definition) is 1. The number of hydrogen-bond donors (Lipinski definition) is 0. The van der Waals surface area contributed by atoms with E-state index < -0.39 is 0 Å². The number of rotatable bonds is 3. The van der Waals surface area contributed by atoms with E-state index in [9.17, 15) is 0 Å². The summed E-state index contributed by atoms with van der Waals surface area (Å²) in [5, 5.41) is 1.10. The largest absolute Gasteiger partial charge is 0.457 e. The van der Waals surface area contributed by atoms with E-state index in [1.54, 1.807) is 18.2 Å². The molecule has 0 unspecified atom stereocenters. The van der Waals surface area contributed by atoms with Crippen molar-refractivity contribution < 1.29 is 4.74 Å². The van der Waals surface area contributed by atoms with Crippen LogP contribution >= 0.6 is 34.8 Å². The molecule has 0 aliphatic heterocycles. The summed E-state index contributed by atoms with van der Waals surface area (Å²) in [7, 11) is 0. The zero-order chi connectivity index (χ0) is 13.1. The Bertz CT molecular complexity index is 547. The molecule has 18 heavy (non-hydrogen) atoms. The van der Waals surface area contributed by atoms with Crippen molar-refractivity contribution in [2.45, 2.75) is 12.8 Å². The van der Waals surface area contributed by atoms with E-state index >= 15 is 0 Å². The van der Waals surface area contributed by atoms with Crippen LogP contribution < -0.4 is 4.74 Å². The highest BCUT2D eigenvalue weighted by Gasteiger charge is 2.04. The predicted molar refractivity (Wildman–Crippen MR) is 77.3 cm³/mol. The fraction of sp³-hybridized carbons (Fsp3) is 0.143. The van der Waals surface area contributed by atoms with Gasteiger partial charge in [0.05, 0.1) is 0 Å². The minimum atomic E-state index is 0.490. The second-order valence-corrected chi connectivity index (χ2v) is 5.08. The highest BCUT2D eigenvalue weighted by molar-refractivity contribution is 6.34. The minimum Gasteiger partial charge on any atom is -0.457 e. The van der Waals surface area contributed by atoms with Crippen LogP contribution in [0.2, 0.25) is 10.0 Å². The molecular weight excluding hydrogens is 291 g/mol. The van der Waals surface area contributed by atoms with Crippen LogP contribution in [-0.4, -0.2) is 0 Å². The first-order valence-corrected chi connectivity index (χ1v) is 6.67. The Morgan fingerprint density at radius 2 is 1.67 bits per heavy atom. The Morgan fingerprint density at radius 1 is 1.00 bits per heavy atom. The normalized spacial score (nSPS) is 10.4. The molecule has 0 atom stereocenters. The van der Waals surface area contributed by atoms with Crippen molar-refractivity contribution in [3.05, 3.63) is 57.6 Å². The lowest BCUT2D eigenvalue weighted by Gasteiger charge is -2.10. The molecule has 0 aliphatic carbocycles. The van der Waals surface area contributed by atoms with E-state index in [0.717, 1.165) is 16.9 Å². The van der Waals surface area contributed by atoms with Gasteiger partial charge >= 0.3 is 0 Å². The van der Waals surface area contributed by atoms with Crippen LogP contribution in [0, 0.1) is 6.92 Å². The molecule has 0 amide bonds. The first-order chi connectivity index (χ1) is 8.58. The first kappa shape index (κ1) is 13.5. The monoisotopic (exact) mass is 300 g/mol. The molecule has 0 fully saturated rings. The second kappa shape index (κ2) is 5.83. The van der Waals surface area contributed by atoms with Crippen molar-refractivity contribution in [3.63, 3.8) is 0 Å². The maximum absolute atomic E-state index is 5.92. The van der Waals surface area contributed by atoms with Crippen LogP contribution in [0.1, 0.15) is 11.1 Å². The van der Waals surface area contributed by atoms with Crippen LogP contribution in [0.3, 0.4) is 0 Å². The average Bonchev–Trinajstić information content (AvgIpc) is 2.30. The van der Waals surface area contributed by atoms with Crippen LogP contribution in [-0.2, 0) is 5.88 Å². The van der Waals surface area contributed by atoms with E-state index in [1.807, 2.05) is 25.1 Å². The summed E-state index contributed by atoms with van der Waals surface area (Å²) in [6.45, 7) is 1.97. The SMILES string of the molecule is Cc1cc(CCl)ccc1Oc1cc(Cl)cc(Cl)c1. The van der Waals surface area contributed by atoms with Gasteiger partial charge in [-0.3, -0.25) is 0 Å². The molecule has 1 nitrogen and oxygen atoms in total. The van der Waals surface area contributed by atoms with Crippen LogP contribution in [0.25, 0.3) is 0 Å². The van der Waals surface area contributed by atoms with Crippen molar-refractivity contribution in [1.82, 2.24) is 0 Å². The third-order valence-corrected chi connectivity index (χ3v) is 3.20. The standard InChI is InChI=1S/C14H11Cl3O/c1-9-4-10(8-15)2-3-14(9)18-13-6-11(16)5-12(17)7-13/h2-7H,8H2,1H3. The van der Waals surface area contributed by atoms with Crippen molar-refractivity contribution in [1.29, 1.82) is 0 Å². The fourth-order valence-corrected chi connectivity index (χ4v) is 2.30. The Labute approximate surface area is 121 Å². The zero-order valence-corrected chi connectivity index (χ0v) is 12.0. The van der Waals surface area contributed by atoms with Gasteiger partial charge in [-0.25, -0.2) is 0 Å². The van der Waals surface area contributed by atoms with E-state index in [0.29, 0.717) is 21.7 Å². The lowest BCUT2D eigenvalue weighted by Crippen LogP contribution is -1.89. The molecule has 2 aromatic rings. The van der Waals surface area contributed by atoms with Gasteiger partial charge in [0, 0.05) is 15.9 Å². The summed E-state index contributed by atoms with van der Waals surface area (Å²) in [6, 6.07) is 10.9. The van der Waals surface area contributed by atoms with Gasteiger partial charge in [-0.15, -0.1) is 11.6 Å². The second-order valence-electron chi connectivity index (χ2n) is 3.94. The number of benzene rings is 2. The van der Waals surface area contributed by atoms with E-state index in [2.05, 4.69) is 0 Å². The van der Waals surface area contributed by atoms with E-state index in [-0.39, 0.29) is 0 Å². The molecule has 0 radical (unpaired) electrons. The molecule has 0 aliphatic rings. The van der Waals surface area contributed by atoms with Gasteiger partial charge in [-0.1, -0.05) is 35.3 Å². The Hall–Kier alpha value is -0.890. The van der Waals surface area contributed by atoms with Gasteiger partial charge in [-0.05, 0) is 42.3 Å². The highest BCUT2D eigenvalue weighted by atomic mass is 35.5. The number of halogens is 3. The van der Waals surface area contributed by atoms with Crippen molar-refractivity contribution >= 4 is 34.8 Å². The predicted octanol–water partition coefficient (Wildman–Crippen LogP) is 5.83. The quantitative estimate of drug-likeness (QED) is 0.648. The minimum absolute atomic E-state index is 0.490.